The number of carbonyl (C=O) groups excluding carboxylic acids is 3. The van der Waals surface area contributed by atoms with Crippen molar-refractivity contribution in [3.8, 4) is 0 Å². The van der Waals surface area contributed by atoms with Crippen LogP contribution in [0.2, 0.25) is 0 Å². The zero-order valence-corrected chi connectivity index (χ0v) is 16.9. The SMILES string of the molecule is CN(C)C(=O)Cc1ccc(NC(=O)C2CCCN2C(=O)Cc2ccccc2)cc1. The molecule has 3 amide bonds. The molecular formula is C23H27N3O3. The number of hydrogen-bond donors (Lipinski definition) is 1. The lowest BCUT2D eigenvalue weighted by molar-refractivity contribution is -0.136. The number of nitrogens with one attached hydrogen (secondary N) is 1. The van der Waals surface area contributed by atoms with Crippen molar-refractivity contribution in [2.75, 3.05) is 26.0 Å². The highest BCUT2D eigenvalue weighted by atomic mass is 16.2. The molecule has 1 fully saturated rings. The molecule has 29 heavy (non-hydrogen) atoms. The highest BCUT2D eigenvalue weighted by Crippen LogP contribution is 2.21. The van der Waals surface area contributed by atoms with Gasteiger partial charge in [0.1, 0.15) is 6.04 Å². The lowest BCUT2D eigenvalue weighted by Gasteiger charge is -2.24. The standard InChI is InChI=1S/C23H27N3O3/c1-25(2)21(27)15-18-10-12-19(13-11-18)24-23(29)20-9-6-14-26(20)22(28)16-17-7-4-3-5-8-17/h3-5,7-8,10-13,20H,6,9,14-16H2,1-2H3,(H,24,29). The van der Waals surface area contributed by atoms with E-state index in [0.29, 0.717) is 31.5 Å². The van der Waals surface area contributed by atoms with Crippen molar-refractivity contribution < 1.29 is 14.4 Å². The van der Waals surface area contributed by atoms with Crippen molar-refractivity contribution in [2.45, 2.75) is 31.7 Å². The Hall–Kier alpha value is -3.15. The lowest BCUT2D eigenvalue weighted by atomic mass is 10.1. The van der Waals surface area contributed by atoms with Crippen molar-refractivity contribution in [3.63, 3.8) is 0 Å². The van der Waals surface area contributed by atoms with Gasteiger partial charge in [-0.2, -0.15) is 0 Å². The smallest absolute Gasteiger partial charge is 0.247 e. The average molecular weight is 393 g/mol. The van der Waals surface area contributed by atoms with E-state index in [1.165, 1.54) is 0 Å². The van der Waals surface area contributed by atoms with E-state index in [4.69, 9.17) is 0 Å². The molecule has 1 saturated heterocycles. The third kappa shape index (κ3) is 5.44. The molecule has 0 aliphatic carbocycles. The van der Waals surface area contributed by atoms with E-state index in [0.717, 1.165) is 17.5 Å². The fourth-order valence-electron chi connectivity index (χ4n) is 3.47. The summed E-state index contributed by atoms with van der Waals surface area (Å²) in [5.74, 6) is -0.160. The first kappa shape index (κ1) is 20.6. The molecule has 1 aliphatic heterocycles. The first-order chi connectivity index (χ1) is 13.9. The van der Waals surface area contributed by atoms with Gasteiger partial charge in [0.15, 0.2) is 0 Å². The molecule has 0 aromatic heterocycles. The number of carbonyl (C=O) groups is 3. The Morgan fingerprint density at radius 1 is 0.966 bits per heavy atom. The van der Waals surface area contributed by atoms with E-state index in [1.807, 2.05) is 42.5 Å². The molecule has 2 aromatic rings. The summed E-state index contributed by atoms with van der Waals surface area (Å²) < 4.78 is 0. The van der Waals surface area contributed by atoms with E-state index >= 15 is 0 Å². The molecule has 152 valence electrons. The number of nitrogens with zero attached hydrogens (tertiary/aromatic N) is 2. The lowest BCUT2D eigenvalue weighted by Crippen LogP contribution is -2.43. The van der Waals surface area contributed by atoms with Gasteiger partial charge in [-0.25, -0.2) is 0 Å². The summed E-state index contributed by atoms with van der Waals surface area (Å²) >= 11 is 0. The summed E-state index contributed by atoms with van der Waals surface area (Å²) in [6.07, 6.45) is 2.12. The molecule has 1 heterocycles. The van der Waals surface area contributed by atoms with Gasteiger partial charge < -0.3 is 15.1 Å². The number of anilines is 1. The zero-order valence-electron chi connectivity index (χ0n) is 16.9. The Morgan fingerprint density at radius 3 is 2.28 bits per heavy atom. The third-order valence-corrected chi connectivity index (χ3v) is 5.15. The van der Waals surface area contributed by atoms with Crippen LogP contribution in [-0.2, 0) is 27.2 Å². The number of rotatable bonds is 6. The van der Waals surface area contributed by atoms with Crippen molar-refractivity contribution in [1.29, 1.82) is 0 Å². The van der Waals surface area contributed by atoms with Gasteiger partial charge >= 0.3 is 0 Å². The largest absolute Gasteiger partial charge is 0.349 e. The minimum Gasteiger partial charge on any atom is -0.349 e. The number of hydrogen-bond acceptors (Lipinski definition) is 3. The van der Waals surface area contributed by atoms with Crippen LogP contribution in [0.1, 0.15) is 24.0 Å². The summed E-state index contributed by atoms with van der Waals surface area (Å²) in [6, 6.07) is 16.4. The summed E-state index contributed by atoms with van der Waals surface area (Å²) in [6.45, 7) is 0.606. The van der Waals surface area contributed by atoms with E-state index in [1.54, 1.807) is 36.0 Å². The first-order valence-electron chi connectivity index (χ1n) is 9.87. The van der Waals surface area contributed by atoms with Crippen LogP contribution in [0.5, 0.6) is 0 Å². The Kier molecular flexibility index (Phi) is 6.65. The van der Waals surface area contributed by atoms with Gasteiger partial charge in [-0.3, -0.25) is 14.4 Å². The fourth-order valence-corrected chi connectivity index (χ4v) is 3.47. The molecule has 6 heteroatoms. The summed E-state index contributed by atoms with van der Waals surface area (Å²) in [4.78, 5) is 40.5. The van der Waals surface area contributed by atoms with E-state index < -0.39 is 6.04 Å². The molecule has 1 N–H and O–H groups in total. The molecule has 0 radical (unpaired) electrons. The van der Waals surface area contributed by atoms with Crippen molar-refractivity contribution in [3.05, 3.63) is 65.7 Å². The van der Waals surface area contributed by atoms with Crippen LogP contribution in [0.4, 0.5) is 5.69 Å². The molecule has 3 rings (SSSR count). The van der Waals surface area contributed by atoms with E-state index in [-0.39, 0.29) is 17.7 Å². The van der Waals surface area contributed by atoms with Gasteiger partial charge in [0, 0.05) is 26.3 Å². The molecule has 1 aliphatic rings. The number of likely N-dealkylation sites (N-methyl/N-ethyl adjacent to an activating group) is 1. The van der Waals surface area contributed by atoms with Crippen LogP contribution in [-0.4, -0.2) is 54.2 Å². The maximum absolute atomic E-state index is 12.8. The summed E-state index contributed by atoms with van der Waals surface area (Å²) in [5, 5.41) is 2.91. The second-order valence-electron chi connectivity index (χ2n) is 7.56. The Morgan fingerprint density at radius 2 is 1.62 bits per heavy atom. The van der Waals surface area contributed by atoms with Crippen LogP contribution >= 0.6 is 0 Å². The molecule has 1 atom stereocenters. The van der Waals surface area contributed by atoms with Gasteiger partial charge in [-0.1, -0.05) is 42.5 Å². The van der Waals surface area contributed by atoms with Crippen molar-refractivity contribution >= 4 is 23.4 Å². The second kappa shape index (κ2) is 9.37. The Balaban J connectivity index is 1.59. The number of benzene rings is 2. The van der Waals surface area contributed by atoms with Crippen LogP contribution in [0, 0.1) is 0 Å². The fraction of sp³-hybridized carbons (Fsp3) is 0.348. The topological polar surface area (TPSA) is 69.7 Å². The second-order valence-corrected chi connectivity index (χ2v) is 7.56. The molecular weight excluding hydrogens is 366 g/mol. The molecule has 2 aromatic carbocycles. The van der Waals surface area contributed by atoms with Gasteiger partial charge in [0.25, 0.3) is 0 Å². The van der Waals surface area contributed by atoms with E-state index in [2.05, 4.69) is 5.32 Å². The minimum atomic E-state index is -0.443. The van der Waals surface area contributed by atoms with Crippen LogP contribution in [0.3, 0.4) is 0 Å². The summed E-state index contributed by atoms with van der Waals surface area (Å²) in [5.41, 5.74) is 2.51. The zero-order chi connectivity index (χ0) is 20.8. The van der Waals surface area contributed by atoms with Gasteiger partial charge in [-0.15, -0.1) is 0 Å². The molecule has 0 saturated carbocycles. The summed E-state index contributed by atoms with van der Waals surface area (Å²) in [7, 11) is 3.45. The predicted molar refractivity (Wildman–Crippen MR) is 112 cm³/mol. The minimum absolute atomic E-state index is 0.0219. The maximum Gasteiger partial charge on any atom is 0.247 e. The highest BCUT2D eigenvalue weighted by Gasteiger charge is 2.33. The highest BCUT2D eigenvalue weighted by molar-refractivity contribution is 5.97. The van der Waals surface area contributed by atoms with Crippen molar-refractivity contribution in [1.82, 2.24) is 9.80 Å². The van der Waals surface area contributed by atoms with Gasteiger partial charge in [0.05, 0.1) is 12.8 Å². The van der Waals surface area contributed by atoms with Gasteiger partial charge in [-0.05, 0) is 36.1 Å². The quantitative estimate of drug-likeness (QED) is 0.820. The third-order valence-electron chi connectivity index (χ3n) is 5.15. The van der Waals surface area contributed by atoms with Crippen LogP contribution in [0.15, 0.2) is 54.6 Å². The maximum atomic E-state index is 12.8. The predicted octanol–water partition coefficient (Wildman–Crippen LogP) is 2.49. The molecule has 0 bridgehead atoms. The van der Waals surface area contributed by atoms with Crippen LogP contribution in [0.25, 0.3) is 0 Å². The molecule has 1 unspecified atom stereocenters. The Labute approximate surface area is 171 Å². The van der Waals surface area contributed by atoms with Crippen LogP contribution < -0.4 is 5.32 Å². The number of amides is 3. The van der Waals surface area contributed by atoms with Gasteiger partial charge in [0.2, 0.25) is 17.7 Å². The van der Waals surface area contributed by atoms with Crippen molar-refractivity contribution in [2.24, 2.45) is 0 Å². The Bertz CT molecular complexity index is 863. The van der Waals surface area contributed by atoms with E-state index in [9.17, 15) is 14.4 Å². The molecule has 0 spiro atoms. The average Bonchev–Trinajstić information content (AvgIpc) is 3.20. The number of likely N-dealkylation sites (tertiary alicyclic amines) is 1. The first-order valence-corrected chi connectivity index (χ1v) is 9.87. The molecule has 6 nitrogen and oxygen atoms in total. The monoisotopic (exact) mass is 393 g/mol. The normalized spacial score (nSPS) is 15.8.